The molecule has 1 atom stereocenters. The summed E-state index contributed by atoms with van der Waals surface area (Å²) in [7, 11) is 0. The largest absolute Gasteiger partial charge is 0.466 e. The molecule has 1 amide bonds. The van der Waals surface area contributed by atoms with Crippen molar-refractivity contribution in [1.29, 1.82) is 0 Å². The number of carbonyl (C=O) groups is 1. The number of nitrogens with one attached hydrogen (secondary N) is 1. The van der Waals surface area contributed by atoms with Crippen molar-refractivity contribution in [1.82, 2.24) is 10.5 Å². The highest BCUT2D eigenvalue weighted by molar-refractivity contribution is 5.93. The molecule has 2 N–H and O–H groups in total. The van der Waals surface area contributed by atoms with E-state index in [2.05, 4.69) is 10.5 Å². The van der Waals surface area contributed by atoms with Gasteiger partial charge < -0.3 is 19.4 Å². The van der Waals surface area contributed by atoms with Crippen LogP contribution in [0.25, 0.3) is 11.3 Å². The molecular formula is C19H18N2O4. The molecule has 0 bridgehead atoms. The topological polar surface area (TPSA) is 88.5 Å². The van der Waals surface area contributed by atoms with Crippen LogP contribution in [0, 0.1) is 5.92 Å². The number of hydrogen-bond donors (Lipinski definition) is 2. The lowest BCUT2D eigenvalue weighted by Crippen LogP contribution is -2.42. The standard InChI is InChI=1S/C19H18N2O4/c22-18(15-11-16(25-21-15)13-5-2-1-3-6-13)20-12-19(23,14-8-9-14)17-7-4-10-24-17/h1-7,10-11,14,23H,8-9,12H2,(H,20,22)/t19-/m1/s1. The minimum absolute atomic E-state index is 0.0670. The summed E-state index contributed by atoms with van der Waals surface area (Å²) >= 11 is 0. The third kappa shape index (κ3) is 3.08. The van der Waals surface area contributed by atoms with Gasteiger partial charge in [-0.25, -0.2) is 0 Å². The van der Waals surface area contributed by atoms with Crippen molar-refractivity contribution in [3.8, 4) is 11.3 Å². The number of aromatic nitrogens is 1. The van der Waals surface area contributed by atoms with Crippen LogP contribution in [-0.4, -0.2) is 22.7 Å². The van der Waals surface area contributed by atoms with Gasteiger partial charge in [-0.3, -0.25) is 4.79 Å². The fraction of sp³-hybridized carbons (Fsp3) is 0.263. The third-order valence-corrected chi connectivity index (χ3v) is 4.52. The molecule has 0 aliphatic heterocycles. The third-order valence-electron chi connectivity index (χ3n) is 4.52. The Hall–Kier alpha value is -2.86. The van der Waals surface area contributed by atoms with Crippen molar-refractivity contribution in [3.63, 3.8) is 0 Å². The second kappa shape index (κ2) is 6.22. The lowest BCUT2D eigenvalue weighted by atomic mass is 9.94. The lowest BCUT2D eigenvalue weighted by molar-refractivity contribution is -0.00617. The highest BCUT2D eigenvalue weighted by Gasteiger charge is 2.47. The zero-order valence-electron chi connectivity index (χ0n) is 13.5. The fourth-order valence-electron chi connectivity index (χ4n) is 2.94. The van der Waals surface area contributed by atoms with E-state index in [-0.39, 0.29) is 18.2 Å². The lowest BCUT2D eigenvalue weighted by Gasteiger charge is -2.26. The van der Waals surface area contributed by atoms with E-state index >= 15 is 0 Å². The molecule has 1 aliphatic carbocycles. The first-order valence-corrected chi connectivity index (χ1v) is 8.23. The highest BCUT2D eigenvalue weighted by Crippen LogP contribution is 2.45. The number of aliphatic hydroxyl groups is 1. The number of furan rings is 1. The molecule has 2 aromatic heterocycles. The van der Waals surface area contributed by atoms with Crippen molar-refractivity contribution in [3.05, 3.63) is 66.2 Å². The second-order valence-electron chi connectivity index (χ2n) is 6.30. The molecule has 0 unspecified atom stereocenters. The van der Waals surface area contributed by atoms with E-state index in [9.17, 15) is 9.90 Å². The second-order valence-corrected chi connectivity index (χ2v) is 6.30. The Morgan fingerprint density at radius 3 is 2.72 bits per heavy atom. The van der Waals surface area contributed by atoms with Crippen LogP contribution in [0.5, 0.6) is 0 Å². The first kappa shape index (κ1) is 15.7. The monoisotopic (exact) mass is 338 g/mol. The van der Waals surface area contributed by atoms with Crippen LogP contribution in [0.15, 0.2) is 63.7 Å². The molecule has 3 aromatic rings. The average Bonchev–Trinajstić information content (AvgIpc) is 3.15. The van der Waals surface area contributed by atoms with Crippen LogP contribution in [0.1, 0.15) is 29.1 Å². The van der Waals surface area contributed by atoms with Gasteiger partial charge in [0, 0.05) is 11.6 Å². The van der Waals surface area contributed by atoms with E-state index in [1.807, 2.05) is 30.3 Å². The predicted octanol–water partition coefficient (Wildman–Crippen LogP) is 2.96. The molecule has 0 saturated heterocycles. The van der Waals surface area contributed by atoms with Crippen LogP contribution in [-0.2, 0) is 5.60 Å². The van der Waals surface area contributed by atoms with E-state index in [0.717, 1.165) is 18.4 Å². The summed E-state index contributed by atoms with van der Waals surface area (Å²) in [6.45, 7) is 0.0670. The van der Waals surface area contributed by atoms with E-state index in [0.29, 0.717) is 11.5 Å². The number of carbonyl (C=O) groups excluding carboxylic acids is 1. The molecule has 6 nitrogen and oxygen atoms in total. The normalized spacial score (nSPS) is 16.4. The summed E-state index contributed by atoms with van der Waals surface area (Å²) in [6, 6.07) is 14.5. The summed E-state index contributed by atoms with van der Waals surface area (Å²) in [4.78, 5) is 12.4. The summed E-state index contributed by atoms with van der Waals surface area (Å²) in [5.41, 5.74) is -0.166. The number of benzene rings is 1. The van der Waals surface area contributed by atoms with Crippen LogP contribution in [0.2, 0.25) is 0 Å². The van der Waals surface area contributed by atoms with Crippen molar-refractivity contribution in [2.45, 2.75) is 18.4 Å². The first-order chi connectivity index (χ1) is 12.2. The Balaban J connectivity index is 1.46. The molecule has 2 heterocycles. The van der Waals surface area contributed by atoms with Gasteiger partial charge in [-0.15, -0.1) is 0 Å². The van der Waals surface area contributed by atoms with E-state index in [4.69, 9.17) is 8.94 Å². The van der Waals surface area contributed by atoms with Crippen molar-refractivity contribution in [2.75, 3.05) is 6.54 Å². The number of hydrogen-bond acceptors (Lipinski definition) is 5. The smallest absolute Gasteiger partial charge is 0.273 e. The number of amides is 1. The summed E-state index contributed by atoms with van der Waals surface area (Å²) < 4.78 is 10.6. The fourth-order valence-corrected chi connectivity index (χ4v) is 2.94. The summed E-state index contributed by atoms with van der Waals surface area (Å²) in [5, 5.41) is 17.5. The van der Waals surface area contributed by atoms with Gasteiger partial charge in [0.15, 0.2) is 11.5 Å². The zero-order valence-corrected chi connectivity index (χ0v) is 13.5. The van der Waals surface area contributed by atoms with Crippen molar-refractivity contribution >= 4 is 5.91 Å². The molecule has 0 radical (unpaired) electrons. The van der Waals surface area contributed by atoms with Gasteiger partial charge in [0.25, 0.3) is 5.91 Å². The number of rotatable bonds is 6. The zero-order chi connectivity index (χ0) is 17.3. The Morgan fingerprint density at radius 2 is 2.04 bits per heavy atom. The maximum Gasteiger partial charge on any atom is 0.273 e. The Bertz CT molecular complexity index is 853. The molecule has 1 saturated carbocycles. The van der Waals surface area contributed by atoms with Gasteiger partial charge >= 0.3 is 0 Å². The highest BCUT2D eigenvalue weighted by atomic mass is 16.5. The Morgan fingerprint density at radius 1 is 1.24 bits per heavy atom. The number of nitrogens with zero attached hydrogens (tertiary/aromatic N) is 1. The molecule has 4 rings (SSSR count). The van der Waals surface area contributed by atoms with Crippen LogP contribution < -0.4 is 5.32 Å². The van der Waals surface area contributed by atoms with Crippen molar-refractivity contribution < 1.29 is 18.8 Å². The van der Waals surface area contributed by atoms with E-state index in [1.165, 1.54) is 6.26 Å². The molecule has 128 valence electrons. The molecule has 1 aliphatic rings. The SMILES string of the molecule is O=C(NC[C@](O)(c1ccco1)C1CC1)c1cc(-c2ccccc2)on1. The minimum atomic E-state index is -1.19. The maximum atomic E-state index is 12.4. The summed E-state index contributed by atoms with van der Waals surface area (Å²) in [5.74, 6) is 0.697. The Kier molecular flexibility index (Phi) is 3.89. The average molecular weight is 338 g/mol. The van der Waals surface area contributed by atoms with E-state index < -0.39 is 11.5 Å². The molecule has 1 aromatic carbocycles. The van der Waals surface area contributed by atoms with Gasteiger partial charge in [0.2, 0.25) is 0 Å². The van der Waals surface area contributed by atoms with Crippen LogP contribution in [0.3, 0.4) is 0 Å². The minimum Gasteiger partial charge on any atom is -0.466 e. The first-order valence-electron chi connectivity index (χ1n) is 8.23. The molecular weight excluding hydrogens is 320 g/mol. The van der Waals surface area contributed by atoms with Gasteiger partial charge in [-0.1, -0.05) is 35.5 Å². The Labute approximate surface area is 144 Å². The predicted molar refractivity (Wildman–Crippen MR) is 89.6 cm³/mol. The van der Waals surface area contributed by atoms with Gasteiger partial charge in [-0.2, -0.15) is 0 Å². The van der Waals surface area contributed by atoms with Gasteiger partial charge in [0.1, 0.15) is 11.4 Å². The van der Waals surface area contributed by atoms with Crippen LogP contribution >= 0.6 is 0 Å². The molecule has 6 heteroatoms. The molecule has 1 fully saturated rings. The van der Waals surface area contributed by atoms with Gasteiger partial charge in [-0.05, 0) is 30.9 Å². The quantitative estimate of drug-likeness (QED) is 0.721. The molecule has 25 heavy (non-hydrogen) atoms. The summed E-state index contributed by atoms with van der Waals surface area (Å²) in [6.07, 6.45) is 3.35. The molecule has 0 spiro atoms. The van der Waals surface area contributed by atoms with E-state index in [1.54, 1.807) is 18.2 Å². The van der Waals surface area contributed by atoms with Gasteiger partial charge in [0.05, 0.1) is 12.8 Å². The van der Waals surface area contributed by atoms with Crippen molar-refractivity contribution in [2.24, 2.45) is 5.92 Å². The maximum absolute atomic E-state index is 12.4. The van der Waals surface area contributed by atoms with Crippen LogP contribution in [0.4, 0.5) is 0 Å².